The SMILES string of the molecule is O=C(O)C1=CCN(OS(=O)(=O)c2cccc(CC(F)(F)F)c2)CC1. The Bertz CT molecular complexity index is 758. The third-order valence-corrected chi connectivity index (χ3v) is 4.48. The summed E-state index contributed by atoms with van der Waals surface area (Å²) in [5.41, 5.74) is -0.0432. The van der Waals surface area contributed by atoms with Crippen LogP contribution in [0, 0.1) is 0 Å². The lowest BCUT2D eigenvalue weighted by atomic mass is 10.1. The number of carboxylic acids is 1. The third-order valence-electron chi connectivity index (χ3n) is 3.24. The molecule has 2 rings (SSSR count). The predicted molar refractivity (Wildman–Crippen MR) is 76.4 cm³/mol. The molecule has 0 aliphatic carbocycles. The van der Waals surface area contributed by atoms with Gasteiger partial charge in [0, 0.05) is 18.7 Å². The van der Waals surface area contributed by atoms with Gasteiger partial charge in [-0.3, -0.25) is 0 Å². The van der Waals surface area contributed by atoms with E-state index >= 15 is 0 Å². The fourth-order valence-corrected chi connectivity index (χ4v) is 3.18. The summed E-state index contributed by atoms with van der Waals surface area (Å²) in [6.07, 6.45) is -4.28. The van der Waals surface area contributed by atoms with E-state index in [4.69, 9.17) is 9.39 Å². The molecule has 132 valence electrons. The van der Waals surface area contributed by atoms with E-state index in [1.165, 1.54) is 18.2 Å². The van der Waals surface area contributed by atoms with Crippen LogP contribution in [-0.2, 0) is 25.6 Å². The van der Waals surface area contributed by atoms with Crippen LogP contribution < -0.4 is 0 Å². The van der Waals surface area contributed by atoms with E-state index in [0.717, 1.165) is 17.2 Å². The number of rotatable bonds is 5. The van der Waals surface area contributed by atoms with Gasteiger partial charge in [-0.05, 0) is 24.1 Å². The Hall–Kier alpha value is -1.91. The summed E-state index contributed by atoms with van der Waals surface area (Å²) in [4.78, 5) is 10.4. The number of aliphatic carboxylic acids is 1. The standard InChI is InChI=1S/C14H14F3NO5S/c15-14(16,17)9-10-2-1-3-12(8-10)24(21,22)23-18-6-4-11(5-7-18)13(19)20/h1-4,8H,5-7,9H2,(H,19,20). The van der Waals surface area contributed by atoms with E-state index in [9.17, 15) is 26.4 Å². The Balaban J connectivity index is 2.11. The molecule has 1 aromatic carbocycles. The van der Waals surface area contributed by atoms with Crippen molar-refractivity contribution in [2.24, 2.45) is 0 Å². The van der Waals surface area contributed by atoms with Crippen LogP contribution in [0.5, 0.6) is 0 Å². The summed E-state index contributed by atoms with van der Waals surface area (Å²) < 4.78 is 66.4. The van der Waals surface area contributed by atoms with Crippen molar-refractivity contribution in [1.82, 2.24) is 5.06 Å². The molecule has 0 bridgehead atoms. The summed E-state index contributed by atoms with van der Waals surface area (Å²) in [6.45, 7) is -0.0112. The molecule has 1 aliphatic heterocycles. The smallest absolute Gasteiger partial charge is 0.393 e. The van der Waals surface area contributed by atoms with Crippen LogP contribution in [0.4, 0.5) is 13.2 Å². The molecule has 0 radical (unpaired) electrons. The largest absolute Gasteiger partial charge is 0.478 e. The molecule has 0 amide bonds. The molecule has 6 nitrogen and oxygen atoms in total. The van der Waals surface area contributed by atoms with Gasteiger partial charge in [0.1, 0.15) is 0 Å². The number of benzene rings is 1. The lowest BCUT2D eigenvalue weighted by molar-refractivity contribution is -0.133. The molecule has 10 heteroatoms. The molecule has 0 saturated heterocycles. The van der Waals surface area contributed by atoms with Crippen LogP contribution >= 0.6 is 0 Å². The number of alkyl halides is 3. The van der Waals surface area contributed by atoms with Crippen molar-refractivity contribution in [2.45, 2.75) is 23.9 Å². The maximum Gasteiger partial charge on any atom is 0.393 e. The molecule has 0 aromatic heterocycles. The van der Waals surface area contributed by atoms with Gasteiger partial charge in [-0.15, -0.1) is 0 Å². The lowest BCUT2D eigenvalue weighted by Gasteiger charge is -2.23. The topological polar surface area (TPSA) is 83.9 Å². The first-order chi connectivity index (χ1) is 11.1. The van der Waals surface area contributed by atoms with Crippen molar-refractivity contribution in [2.75, 3.05) is 13.1 Å². The number of carboxylic acid groups (broad SMARTS) is 1. The number of hydroxylamine groups is 2. The Morgan fingerprint density at radius 1 is 1.33 bits per heavy atom. The van der Waals surface area contributed by atoms with Crippen LogP contribution in [0.1, 0.15) is 12.0 Å². The minimum absolute atomic E-state index is 0.0413. The highest BCUT2D eigenvalue weighted by Crippen LogP contribution is 2.24. The molecule has 0 fully saturated rings. The van der Waals surface area contributed by atoms with E-state index in [1.807, 2.05) is 0 Å². The third kappa shape index (κ3) is 5.05. The van der Waals surface area contributed by atoms with Gasteiger partial charge in [0.15, 0.2) is 0 Å². The summed E-state index contributed by atoms with van der Waals surface area (Å²) in [5.74, 6) is -1.09. The monoisotopic (exact) mass is 365 g/mol. The quantitative estimate of drug-likeness (QED) is 0.861. The van der Waals surface area contributed by atoms with Crippen molar-refractivity contribution in [1.29, 1.82) is 0 Å². The van der Waals surface area contributed by atoms with E-state index in [-0.39, 0.29) is 30.6 Å². The van der Waals surface area contributed by atoms with E-state index in [1.54, 1.807) is 0 Å². The maximum absolute atomic E-state index is 12.4. The first kappa shape index (κ1) is 18.4. The zero-order chi connectivity index (χ0) is 18.0. The summed E-state index contributed by atoms with van der Waals surface area (Å²) >= 11 is 0. The molecule has 24 heavy (non-hydrogen) atoms. The Morgan fingerprint density at radius 3 is 2.58 bits per heavy atom. The summed E-state index contributed by atoms with van der Waals surface area (Å²) in [7, 11) is -4.29. The van der Waals surface area contributed by atoms with Gasteiger partial charge in [-0.25, -0.2) is 4.79 Å². The van der Waals surface area contributed by atoms with Crippen molar-refractivity contribution in [3.63, 3.8) is 0 Å². The Kier molecular flexibility index (Phi) is 5.31. The molecule has 1 aromatic rings. The minimum atomic E-state index is -4.45. The fourth-order valence-electron chi connectivity index (χ4n) is 2.14. The number of hydrogen-bond donors (Lipinski definition) is 1. The molecule has 0 atom stereocenters. The van der Waals surface area contributed by atoms with Crippen molar-refractivity contribution in [3.05, 3.63) is 41.5 Å². The zero-order valence-electron chi connectivity index (χ0n) is 12.3. The first-order valence-corrected chi connectivity index (χ1v) is 8.25. The molecule has 0 spiro atoms. The van der Waals surface area contributed by atoms with Crippen molar-refractivity contribution < 1.29 is 35.8 Å². The maximum atomic E-state index is 12.4. The molecular weight excluding hydrogens is 351 g/mol. The number of carbonyl (C=O) groups is 1. The van der Waals surface area contributed by atoms with Crippen LogP contribution in [0.3, 0.4) is 0 Å². The van der Waals surface area contributed by atoms with Gasteiger partial charge in [-0.1, -0.05) is 18.2 Å². The van der Waals surface area contributed by atoms with Crippen LogP contribution in [0.25, 0.3) is 0 Å². The highest BCUT2D eigenvalue weighted by molar-refractivity contribution is 7.86. The van der Waals surface area contributed by atoms with Crippen LogP contribution in [0.15, 0.2) is 40.8 Å². The molecule has 1 aliphatic rings. The molecular formula is C14H14F3NO5S. The average Bonchev–Trinajstić information content (AvgIpc) is 2.46. The Labute approximate surface area is 136 Å². The highest BCUT2D eigenvalue weighted by atomic mass is 32.2. The fraction of sp³-hybridized carbons (Fsp3) is 0.357. The average molecular weight is 365 g/mol. The van der Waals surface area contributed by atoms with Gasteiger partial charge in [-0.2, -0.15) is 30.9 Å². The second-order valence-corrected chi connectivity index (χ2v) is 6.67. The van der Waals surface area contributed by atoms with Gasteiger partial charge in [0.05, 0.1) is 11.3 Å². The molecule has 0 saturated carbocycles. The van der Waals surface area contributed by atoms with Gasteiger partial charge >= 0.3 is 22.3 Å². The van der Waals surface area contributed by atoms with Crippen molar-refractivity contribution in [3.8, 4) is 0 Å². The second kappa shape index (κ2) is 6.91. The molecule has 1 N–H and O–H groups in total. The highest BCUT2D eigenvalue weighted by Gasteiger charge is 2.29. The predicted octanol–water partition coefficient (Wildman–Crippen LogP) is 2.13. The van der Waals surface area contributed by atoms with E-state index in [2.05, 4.69) is 0 Å². The molecule has 1 heterocycles. The normalized spacial score (nSPS) is 16.7. The van der Waals surface area contributed by atoms with Crippen molar-refractivity contribution >= 4 is 16.1 Å². The summed E-state index contributed by atoms with van der Waals surface area (Å²) in [5, 5.41) is 9.86. The first-order valence-electron chi connectivity index (χ1n) is 6.84. The number of halogens is 3. The minimum Gasteiger partial charge on any atom is -0.478 e. The van der Waals surface area contributed by atoms with Crippen LogP contribution in [-0.4, -0.2) is 43.8 Å². The van der Waals surface area contributed by atoms with E-state index < -0.39 is 33.6 Å². The van der Waals surface area contributed by atoms with Crippen LogP contribution in [0.2, 0.25) is 0 Å². The summed E-state index contributed by atoms with van der Waals surface area (Å²) in [6, 6.07) is 4.42. The van der Waals surface area contributed by atoms with Gasteiger partial charge < -0.3 is 5.11 Å². The lowest BCUT2D eigenvalue weighted by Crippen LogP contribution is -2.32. The Morgan fingerprint density at radius 2 is 2.04 bits per heavy atom. The van der Waals surface area contributed by atoms with E-state index in [0.29, 0.717) is 0 Å². The second-order valence-electron chi connectivity index (χ2n) is 5.14. The zero-order valence-corrected chi connectivity index (χ0v) is 13.1. The molecule has 0 unspecified atom stereocenters. The van der Waals surface area contributed by atoms with Gasteiger partial charge in [0.25, 0.3) is 0 Å². The number of nitrogens with zero attached hydrogens (tertiary/aromatic N) is 1. The number of hydrogen-bond acceptors (Lipinski definition) is 5. The van der Waals surface area contributed by atoms with Gasteiger partial charge in [0.2, 0.25) is 0 Å².